The molecule has 0 bridgehead atoms. The summed E-state index contributed by atoms with van der Waals surface area (Å²) in [5.74, 6) is 0. The molecule has 1 aliphatic heterocycles. The third-order valence-electron chi connectivity index (χ3n) is 3.20. The molecule has 1 atom stereocenters. The van der Waals surface area contributed by atoms with Gasteiger partial charge in [-0.1, -0.05) is 27.5 Å². The van der Waals surface area contributed by atoms with Crippen molar-refractivity contribution in [1.82, 2.24) is 4.90 Å². The van der Waals surface area contributed by atoms with Gasteiger partial charge in [-0.2, -0.15) is 0 Å². The van der Waals surface area contributed by atoms with Crippen molar-refractivity contribution < 1.29 is 9.53 Å². The fourth-order valence-corrected chi connectivity index (χ4v) is 3.09. The van der Waals surface area contributed by atoms with Crippen LogP contribution in [0.2, 0.25) is 5.02 Å². The SMILES string of the molecule is CC(C)(C)OC(=O)N1CCC[C@H]1c1cc(Cl)ccc1Br. The summed E-state index contributed by atoms with van der Waals surface area (Å²) in [7, 11) is 0. The van der Waals surface area contributed by atoms with Crippen molar-refractivity contribution in [2.75, 3.05) is 6.54 Å². The second-order valence-corrected chi connectivity index (χ2v) is 7.29. The molecular formula is C15H19BrClNO2. The molecule has 0 spiro atoms. The van der Waals surface area contributed by atoms with Crippen molar-refractivity contribution in [3.8, 4) is 0 Å². The van der Waals surface area contributed by atoms with Crippen LogP contribution in [0.25, 0.3) is 0 Å². The van der Waals surface area contributed by atoms with E-state index in [2.05, 4.69) is 15.9 Å². The minimum absolute atomic E-state index is 0.0259. The van der Waals surface area contributed by atoms with Crippen LogP contribution in [0.4, 0.5) is 4.79 Å². The molecule has 1 aromatic carbocycles. The molecule has 1 fully saturated rings. The van der Waals surface area contributed by atoms with Crippen LogP contribution >= 0.6 is 27.5 Å². The third kappa shape index (κ3) is 3.67. The zero-order valence-corrected chi connectivity index (χ0v) is 14.3. The Labute approximate surface area is 133 Å². The highest BCUT2D eigenvalue weighted by atomic mass is 79.9. The number of hydrogen-bond acceptors (Lipinski definition) is 2. The lowest BCUT2D eigenvalue weighted by atomic mass is 10.0. The number of likely N-dealkylation sites (tertiary alicyclic amines) is 1. The fourth-order valence-electron chi connectivity index (χ4n) is 2.40. The van der Waals surface area contributed by atoms with E-state index in [1.807, 2.05) is 39.0 Å². The number of benzene rings is 1. The maximum atomic E-state index is 12.3. The van der Waals surface area contributed by atoms with Gasteiger partial charge in [0, 0.05) is 16.0 Å². The molecule has 2 rings (SSSR count). The molecule has 0 aliphatic carbocycles. The van der Waals surface area contributed by atoms with Crippen molar-refractivity contribution in [3.05, 3.63) is 33.3 Å². The fraction of sp³-hybridized carbons (Fsp3) is 0.533. The van der Waals surface area contributed by atoms with E-state index in [0.29, 0.717) is 5.02 Å². The van der Waals surface area contributed by atoms with Gasteiger partial charge in [0.1, 0.15) is 5.60 Å². The van der Waals surface area contributed by atoms with Crippen LogP contribution < -0.4 is 0 Å². The van der Waals surface area contributed by atoms with Gasteiger partial charge in [-0.3, -0.25) is 0 Å². The first kappa shape index (κ1) is 15.6. The highest BCUT2D eigenvalue weighted by Crippen LogP contribution is 2.37. The predicted octanol–water partition coefficient (Wildman–Crippen LogP) is 5.17. The first-order valence-electron chi connectivity index (χ1n) is 6.72. The molecule has 5 heteroatoms. The van der Waals surface area contributed by atoms with Crippen LogP contribution in [-0.2, 0) is 4.74 Å². The van der Waals surface area contributed by atoms with E-state index < -0.39 is 5.60 Å². The Bertz CT molecular complexity index is 513. The number of hydrogen-bond donors (Lipinski definition) is 0. The Morgan fingerprint density at radius 1 is 1.45 bits per heavy atom. The molecule has 1 saturated heterocycles. The Morgan fingerprint density at radius 3 is 2.80 bits per heavy atom. The number of carbonyl (C=O) groups excluding carboxylic acids is 1. The molecule has 20 heavy (non-hydrogen) atoms. The van der Waals surface area contributed by atoms with Crippen LogP contribution in [-0.4, -0.2) is 23.1 Å². The van der Waals surface area contributed by atoms with Gasteiger partial charge >= 0.3 is 6.09 Å². The summed E-state index contributed by atoms with van der Waals surface area (Å²) >= 11 is 9.61. The average molecular weight is 361 g/mol. The lowest BCUT2D eigenvalue weighted by Crippen LogP contribution is -2.36. The van der Waals surface area contributed by atoms with E-state index in [1.165, 1.54) is 0 Å². The van der Waals surface area contributed by atoms with Gasteiger partial charge < -0.3 is 9.64 Å². The zero-order valence-electron chi connectivity index (χ0n) is 12.0. The van der Waals surface area contributed by atoms with Gasteiger partial charge in [0.25, 0.3) is 0 Å². The minimum Gasteiger partial charge on any atom is -0.444 e. The third-order valence-corrected chi connectivity index (χ3v) is 4.16. The monoisotopic (exact) mass is 359 g/mol. The van der Waals surface area contributed by atoms with Crippen LogP contribution in [0.3, 0.4) is 0 Å². The summed E-state index contributed by atoms with van der Waals surface area (Å²) in [5.41, 5.74) is 0.566. The van der Waals surface area contributed by atoms with Gasteiger partial charge in [0.05, 0.1) is 6.04 Å². The van der Waals surface area contributed by atoms with Crippen molar-refractivity contribution in [2.45, 2.75) is 45.3 Å². The topological polar surface area (TPSA) is 29.5 Å². The number of nitrogens with zero attached hydrogens (tertiary/aromatic N) is 1. The molecule has 0 unspecified atom stereocenters. The van der Waals surface area contributed by atoms with Crippen molar-refractivity contribution in [1.29, 1.82) is 0 Å². The van der Waals surface area contributed by atoms with Crippen molar-refractivity contribution >= 4 is 33.6 Å². The van der Waals surface area contributed by atoms with E-state index in [-0.39, 0.29) is 12.1 Å². The maximum absolute atomic E-state index is 12.3. The van der Waals surface area contributed by atoms with E-state index >= 15 is 0 Å². The smallest absolute Gasteiger partial charge is 0.410 e. The Balaban J connectivity index is 2.23. The van der Waals surface area contributed by atoms with Gasteiger partial charge in [0.2, 0.25) is 0 Å². The second kappa shape index (κ2) is 5.94. The van der Waals surface area contributed by atoms with Gasteiger partial charge in [-0.15, -0.1) is 0 Å². The summed E-state index contributed by atoms with van der Waals surface area (Å²) in [5, 5.41) is 0.680. The highest BCUT2D eigenvalue weighted by molar-refractivity contribution is 9.10. The normalized spacial score (nSPS) is 19.2. The van der Waals surface area contributed by atoms with E-state index in [9.17, 15) is 4.79 Å². The van der Waals surface area contributed by atoms with Crippen LogP contribution in [0.1, 0.15) is 45.2 Å². The van der Waals surface area contributed by atoms with Crippen molar-refractivity contribution in [2.24, 2.45) is 0 Å². The largest absolute Gasteiger partial charge is 0.444 e. The van der Waals surface area contributed by atoms with Gasteiger partial charge in [-0.05, 0) is 57.4 Å². The first-order valence-corrected chi connectivity index (χ1v) is 7.89. The standard InChI is InChI=1S/C15H19BrClNO2/c1-15(2,3)20-14(19)18-8-4-5-13(18)11-9-10(17)6-7-12(11)16/h6-7,9,13H,4-5,8H2,1-3H3/t13-/m0/s1. The molecule has 0 saturated carbocycles. The van der Waals surface area contributed by atoms with Crippen LogP contribution in [0.5, 0.6) is 0 Å². The summed E-state index contributed by atoms with van der Waals surface area (Å²) in [6.07, 6.45) is 1.65. The van der Waals surface area contributed by atoms with Crippen molar-refractivity contribution in [3.63, 3.8) is 0 Å². The predicted molar refractivity (Wildman–Crippen MR) is 84.1 cm³/mol. The Kier molecular flexibility index (Phi) is 4.65. The molecule has 3 nitrogen and oxygen atoms in total. The summed E-state index contributed by atoms with van der Waals surface area (Å²) in [6.45, 7) is 6.36. The van der Waals surface area contributed by atoms with Gasteiger partial charge in [-0.25, -0.2) is 4.79 Å². The maximum Gasteiger partial charge on any atom is 0.410 e. The van der Waals surface area contributed by atoms with Gasteiger partial charge in [0.15, 0.2) is 0 Å². The molecule has 0 N–H and O–H groups in total. The lowest BCUT2D eigenvalue weighted by Gasteiger charge is -2.29. The number of amides is 1. The van der Waals surface area contributed by atoms with Crippen LogP contribution in [0.15, 0.2) is 22.7 Å². The molecule has 1 aliphatic rings. The summed E-state index contributed by atoms with van der Waals surface area (Å²) < 4.78 is 6.46. The molecule has 1 aromatic rings. The molecule has 110 valence electrons. The zero-order chi connectivity index (χ0) is 14.9. The Morgan fingerprint density at radius 2 is 2.15 bits per heavy atom. The molecular weight excluding hydrogens is 342 g/mol. The highest BCUT2D eigenvalue weighted by Gasteiger charge is 2.34. The van der Waals surface area contributed by atoms with E-state index in [0.717, 1.165) is 29.4 Å². The molecule has 1 heterocycles. The van der Waals surface area contributed by atoms with E-state index in [4.69, 9.17) is 16.3 Å². The molecule has 0 aromatic heterocycles. The number of carbonyl (C=O) groups is 1. The average Bonchev–Trinajstić information content (AvgIpc) is 2.79. The summed E-state index contributed by atoms with van der Waals surface area (Å²) in [6, 6.07) is 5.70. The molecule has 0 radical (unpaired) electrons. The Hall–Kier alpha value is -0.740. The number of halogens is 2. The second-order valence-electron chi connectivity index (χ2n) is 6.00. The van der Waals surface area contributed by atoms with E-state index in [1.54, 1.807) is 4.90 Å². The quantitative estimate of drug-likeness (QED) is 0.691. The lowest BCUT2D eigenvalue weighted by molar-refractivity contribution is 0.0224. The number of rotatable bonds is 1. The summed E-state index contributed by atoms with van der Waals surface area (Å²) in [4.78, 5) is 14.1. The first-order chi connectivity index (χ1) is 9.28. The minimum atomic E-state index is -0.476. The van der Waals surface area contributed by atoms with Crippen LogP contribution in [0, 0.1) is 0 Å². The molecule has 1 amide bonds. The number of ether oxygens (including phenoxy) is 1.